The number of ether oxygens (including phenoxy) is 1. The highest BCUT2D eigenvalue weighted by atomic mass is 35.5. The van der Waals surface area contributed by atoms with E-state index < -0.39 is 17.9 Å². The number of rotatable bonds is 9. The molecule has 0 fully saturated rings. The van der Waals surface area contributed by atoms with Gasteiger partial charge in [-0.1, -0.05) is 64.8 Å². The fraction of sp³-hybridized carbons (Fsp3) is 0.192. The van der Waals surface area contributed by atoms with Crippen LogP contribution in [-0.2, 0) is 16.1 Å². The smallest absolute Gasteiger partial charge is 0.326 e. The van der Waals surface area contributed by atoms with Gasteiger partial charge in [0.05, 0.1) is 28.4 Å². The van der Waals surface area contributed by atoms with Gasteiger partial charge in [-0.3, -0.25) is 4.79 Å². The number of hydrogen-bond acceptors (Lipinski definition) is 5. The molecule has 182 valence electrons. The van der Waals surface area contributed by atoms with Gasteiger partial charge in [-0.05, 0) is 42.3 Å². The first-order valence-electron chi connectivity index (χ1n) is 10.6. The number of hydrogen-bond donors (Lipinski definition) is 2. The molecule has 0 aliphatic carbocycles. The molecule has 0 unspecified atom stereocenters. The molecule has 0 saturated heterocycles. The van der Waals surface area contributed by atoms with Crippen molar-refractivity contribution >= 4 is 40.8 Å². The number of carbonyl (C=O) groups is 2. The van der Waals surface area contributed by atoms with Crippen molar-refractivity contribution in [3.63, 3.8) is 0 Å². The number of oxime groups is 1. The Bertz CT molecular complexity index is 1260. The van der Waals surface area contributed by atoms with Crippen LogP contribution in [0.1, 0.15) is 28.4 Å². The summed E-state index contributed by atoms with van der Waals surface area (Å²) in [4.78, 5) is 29.7. The van der Waals surface area contributed by atoms with Crippen LogP contribution in [0.25, 0.3) is 11.1 Å². The van der Waals surface area contributed by atoms with Crippen LogP contribution in [0.5, 0.6) is 5.75 Å². The van der Waals surface area contributed by atoms with Crippen molar-refractivity contribution in [1.29, 1.82) is 0 Å². The van der Waals surface area contributed by atoms with Crippen molar-refractivity contribution in [1.82, 2.24) is 5.32 Å². The van der Waals surface area contributed by atoms with Gasteiger partial charge in [0, 0.05) is 17.5 Å². The third kappa shape index (κ3) is 6.12. The number of halogens is 2. The minimum atomic E-state index is -1.22. The van der Waals surface area contributed by atoms with Crippen molar-refractivity contribution in [2.45, 2.75) is 19.4 Å². The van der Waals surface area contributed by atoms with Gasteiger partial charge in [-0.15, -0.1) is 0 Å². The number of carboxylic acids is 1. The Kier molecular flexibility index (Phi) is 8.73. The first-order valence-corrected chi connectivity index (χ1v) is 11.3. The first-order chi connectivity index (χ1) is 16.8. The Labute approximate surface area is 213 Å². The molecule has 0 spiro atoms. The molecule has 0 bridgehead atoms. The van der Waals surface area contributed by atoms with Crippen molar-refractivity contribution in [3.8, 4) is 16.9 Å². The van der Waals surface area contributed by atoms with Crippen LogP contribution in [0.2, 0.25) is 10.0 Å². The van der Waals surface area contributed by atoms with Gasteiger partial charge in [-0.2, -0.15) is 0 Å². The predicted molar refractivity (Wildman–Crippen MR) is 137 cm³/mol. The molecule has 3 aromatic rings. The number of carboxylic acid groups (broad SMARTS) is 1. The standard InChI is InChI=1S/C26H24Cl2N2O5/c1-15(30-35-3)19-13-16(11-12-17(19)18-7-4-5-10-23(18)34-2)14-22(26(32)33)29-25(31)24-20(27)8-6-9-21(24)28/h4-13,22H,14H2,1-3H3,(H,29,31)(H,32,33)/b30-15+/t22-/m0/s1. The van der Waals surface area contributed by atoms with Gasteiger partial charge in [0.1, 0.15) is 18.9 Å². The summed E-state index contributed by atoms with van der Waals surface area (Å²) in [7, 11) is 3.04. The van der Waals surface area contributed by atoms with E-state index in [2.05, 4.69) is 10.5 Å². The molecule has 2 N–H and O–H groups in total. The maximum Gasteiger partial charge on any atom is 0.326 e. The Hall–Kier alpha value is -3.55. The van der Waals surface area contributed by atoms with E-state index in [1.807, 2.05) is 36.4 Å². The maximum absolute atomic E-state index is 12.8. The van der Waals surface area contributed by atoms with Gasteiger partial charge in [0.2, 0.25) is 0 Å². The zero-order valence-corrected chi connectivity index (χ0v) is 20.9. The van der Waals surface area contributed by atoms with Crippen LogP contribution in [-0.4, -0.2) is 43.0 Å². The number of aliphatic carboxylic acids is 1. The van der Waals surface area contributed by atoms with E-state index in [1.165, 1.54) is 19.2 Å². The summed E-state index contributed by atoms with van der Waals surface area (Å²) in [6.45, 7) is 1.79. The molecule has 3 rings (SSSR count). The lowest BCUT2D eigenvalue weighted by Crippen LogP contribution is -2.42. The second-order valence-electron chi connectivity index (χ2n) is 7.60. The minimum Gasteiger partial charge on any atom is -0.496 e. The van der Waals surface area contributed by atoms with E-state index in [-0.39, 0.29) is 22.0 Å². The van der Waals surface area contributed by atoms with Gasteiger partial charge in [0.25, 0.3) is 5.91 Å². The summed E-state index contributed by atoms with van der Waals surface area (Å²) >= 11 is 12.2. The Morgan fingerprint density at radius 2 is 1.69 bits per heavy atom. The van der Waals surface area contributed by atoms with E-state index in [0.717, 1.165) is 16.7 Å². The summed E-state index contributed by atoms with van der Waals surface area (Å²) in [5.74, 6) is -1.19. The van der Waals surface area contributed by atoms with Gasteiger partial charge in [0.15, 0.2) is 0 Å². The number of para-hydroxylation sites is 1. The molecule has 9 heteroatoms. The molecule has 3 aromatic carbocycles. The monoisotopic (exact) mass is 514 g/mol. The molecular weight excluding hydrogens is 491 g/mol. The Balaban J connectivity index is 1.97. The normalized spacial score (nSPS) is 12.1. The highest BCUT2D eigenvalue weighted by molar-refractivity contribution is 6.39. The van der Waals surface area contributed by atoms with Crippen LogP contribution in [0, 0.1) is 0 Å². The highest BCUT2D eigenvalue weighted by Gasteiger charge is 2.24. The molecule has 0 radical (unpaired) electrons. The summed E-state index contributed by atoms with van der Waals surface area (Å²) in [6.07, 6.45) is 0.0165. The lowest BCUT2D eigenvalue weighted by molar-refractivity contribution is -0.139. The minimum absolute atomic E-state index is 0.0165. The zero-order valence-electron chi connectivity index (χ0n) is 19.3. The molecule has 0 aliphatic heterocycles. The van der Waals surface area contributed by atoms with Crippen LogP contribution in [0.15, 0.2) is 65.8 Å². The molecule has 1 amide bonds. The van der Waals surface area contributed by atoms with Gasteiger partial charge >= 0.3 is 5.97 Å². The van der Waals surface area contributed by atoms with Crippen molar-refractivity contribution in [3.05, 3.63) is 87.4 Å². The molecule has 0 aliphatic rings. The Morgan fingerprint density at radius 1 is 1.00 bits per heavy atom. The van der Waals surface area contributed by atoms with Crippen molar-refractivity contribution < 1.29 is 24.3 Å². The number of carbonyl (C=O) groups excluding carboxylic acids is 1. The zero-order chi connectivity index (χ0) is 25.5. The van der Waals surface area contributed by atoms with Gasteiger partial charge in [-0.25, -0.2) is 4.79 Å². The first kappa shape index (κ1) is 26.1. The van der Waals surface area contributed by atoms with Gasteiger partial charge < -0.3 is 20.0 Å². The molecule has 0 heterocycles. The lowest BCUT2D eigenvalue weighted by atomic mass is 9.92. The second kappa shape index (κ2) is 11.7. The van der Waals surface area contributed by atoms with Crippen LogP contribution in [0.3, 0.4) is 0 Å². The summed E-state index contributed by atoms with van der Waals surface area (Å²) in [5, 5.41) is 16.6. The third-order valence-corrected chi connectivity index (χ3v) is 5.96. The molecular formula is C26H24Cl2N2O5. The largest absolute Gasteiger partial charge is 0.496 e. The van der Waals surface area contributed by atoms with Crippen molar-refractivity contribution in [2.75, 3.05) is 14.2 Å². The molecule has 35 heavy (non-hydrogen) atoms. The SMILES string of the molecule is CO/N=C(\C)c1cc(C[C@H](NC(=O)c2c(Cl)cccc2Cl)C(=O)O)ccc1-c1ccccc1OC. The molecule has 0 aromatic heterocycles. The highest BCUT2D eigenvalue weighted by Crippen LogP contribution is 2.33. The molecule has 0 saturated carbocycles. The fourth-order valence-corrected chi connectivity index (χ4v) is 4.26. The summed E-state index contributed by atoms with van der Waals surface area (Å²) < 4.78 is 5.51. The number of nitrogens with one attached hydrogen (secondary N) is 1. The predicted octanol–water partition coefficient (Wildman–Crippen LogP) is 5.47. The maximum atomic E-state index is 12.8. The summed E-state index contributed by atoms with van der Waals surface area (Å²) in [5.41, 5.74) is 3.70. The van der Waals surface area contributed by atoms with E-state index in [0.29, 0.717) is 17.0 Å². The van der Waals surface area contributed by atoms with E-state index in [4.69, 9.17) is 32.8 Å². The fourth-order valence-electron chi connectivity index (χ4n) is 3.69. The van der Waals surface area contributed by atoms with Crippen LogP contribution in [0.4, 0.5) is 0 Å². The molecule has 1 atom stereocenters. The number of nitrogens with zero attached hydrogens (tertiary/aromatic N) is 1. The summed E-state index contributed by atoms with van der Waals surface area (Å²) in [6, 6.07) is 16.4. The third-order valence-electron chi connectivity index (χ3n) is 5.33. The van der Waals surface area contributed by atoms with E-state index >= 15 is 0 Å². The number of amides is 1. The topological polar surface area (TPSA) is 97.2 Å². The van der Waals surface area contributed by atoms with E-state index in [1.54, 1.807) is 26.2 Å². The Morgan fingerprint density at radius 3 is 2.31 bits per heavy atom. The average molecular weight is 515 g/mol. The molecule has 7 nitrogen and oxygen atoms in total. The van der Waals surface area contributed by atoms with Crippen molar-refractivity contribution in [2.24, 2.45) is 5.16 Å². The van der Waals surface area contributed by atoms with Crippen LogP contribution >= 0.6 is 23.2 Å². The van der Waals surface area contributed by atoms with E-state index in [9.17, 15) is 14.7 Å². The average Bonchev–Trinajstić information content (AvgIpc) is 2.83. The number of methoxy groups -OCH3 is 1. The quantitative estimate of drug-likeness (QED) is 0.291. The number of benzene rings is 3. The van der Waals surface area contributed by atoms with Crippen LogP contribution < -0.4 is 10.1 Å². The second-order valence-corrected chi connectivity index (χ2v) is 8.42. The lowest BCUT2D eigenvalue weighted by Gasteiger charge is -2.18.